The van der Waals surface area contributed by atoms with Gasteiger partial charge in [-0.2, -0.15) is 5.26 Å². The Morgan fingerprint density at radius 3 is 2.50 bits per heavy atom. The second kappa shape index (κ2) is 11.2. The number of piperidine rings is 1. The largest absolute Gasteiger partial charge is 0.356 e. The third-order valence-corrected chi connectivity index (χ3v) is 6.77. The predicted octanol–water partition coefficient (Wildman–Crippen LogP) is 3.34. The number of carbonyl (C=O) groups is 1. The number of fused-ring (bicyclic) bond motifs is 1. The number of carbonyl (C=O) groups excluding carboxylic acids is 1. The van der Waals surface area contributed by atoms with Crippen molar-refractivity contribution in [3.05, 3.63) is 65.5 Å². The molecule has 0 aliphatic carbocycles. The molecule has 0 saturated carbocycles. The van der Waals surface area contributed by atoms with Gasteiger partial charge in [0.15, 0.2) is 0 Å². The van der Waals surface area contributed by atoms with Crippen molar-refractivity contribution in [3.8, 4) is 6.07 Å². The molecule has 3 heterocycles. The Hall–Kier alpha value is -2.75. The number of nitriles is 1. The van der Waals surface area contributed by atoms with Crippen molar-refractivity contribution in [2.45, 2.75) is 51.2 Å². The van der Waals surface area contributed by atoms with Crippen LogP contribution in [-0.4, -0.2) is 52.9 Å². The molecule has 168 valence electrons. The normalized spacial score (nSPS) is 23.4. The van der Waals surface area contributed by atoms with Gasteiger partial charge in [0.05, 0.1) is 17.6 Å². The third kappa shape index (κ3) is 5.93. The Morgan fingerprint density at radius 1 is 0.969 bits per heavy atom. The quantitative estimate of drug-likeness (QED) is 0.804. The first-order chi connectivity index (χ1) is 15.7. The van der Waals surface area contributed by atoms with E-state index < -0.39 is 0 Å². The van der Waals surface area contributed by atoms with E-state index >= 15 is 0 Å². The zero-order valence-electron chi connectivity index (χ0n) is 18.7. The molecule has 2 aliphatic rings. The highest BCUT2D eigenvalue weighted by Crippen LogP contribution is 2.27. The number of hydrogen-bond acceptors (Lipinski definition) is 5. The van der Waals surface area contributed by atoms with Crippen LogP contribution in [0.1, 0.15) is 48.8 Å². The molecule has 6 heteroatoms. The molecule has 0 spiro atoms. The molecule has 2 aromatic rings. The fourth-order valence-electron chi connectivity index (χ4n) is 4.98. The van der Waals surface area contributed by atoms with Gasteiger partial charge in [-0.1, -0.05) is 25.0 Å². The number of benzene rings is 1. The van der Waals surface area contributed by atoms with Gasteiger partial charge in [-0.05, 0) is 67.7 Å². The molecule has 2 fully saturated rings. The Kier molecular flexibility index (Phi) is 7.87. The molecule has 0 unspecified atom stereocenters. The SMILES string of the molecule is N#Cc1ccc(CN2CC[C@H]3C(=O)NCCCCCCN(Cc4ccncc4)[C@@H]3C2)cc1. The lowest BCUT2D eigenvalue weighted by Gasteiger charge is -2.43. The van der Waals surface area contributed by atoms with E-state index in [0.29, 0.717) is 5.56 Å². The number of rotatable bonds is 4. The van der Waals surface area contributed by atoms with E-state index in [1.165, 1.54) is 24.0 Å². The van der Waals surface area contributed by atoms with E-state index in [9.17, 15) is 4.79 Å². The summed E-state index contributed by atoms with van der Waals surface area (Å²) in [6.07, 6.45) is 9.18. The van der Waals surface area contributed by atoms with Crippen molar-refractivity contribution in [1.29, 1.82) is 5.26 Å². The molecule has 2 atom stereocenters. The molecule has 1 N–H and O–H groups in total. The maximum absolute atomic E-state index is 13.1. The second-order valence-corrected chi connectivity index (χ2v) is 9.04. The van der Waals surface area contributed by atoms with Gasteiger partial charge in [0.1, 0.15) is 0 Å². The molecule has 1 amide bonds. The van der Waals surface area contributed by atoms with Crippen LogP contribution in [0.4, 0.5) is 0 Å². The zero-order chi connectivity index (χ0) is 22.2. The monoisotopic (exact) mass is 431 g/mol. The van der Waals surface area contributed by atoms with Gasteiger partial charge in [-0.15, -0.1) is 0 Å². The van der Waals surface area contributed by atoms with E-state index in [-0.39, 0.29) is 17.9 Å². The lowest BCUT2D eigenvalue weighted by molar-refractivity contribution is -0.129. The average molecular weight is 432 g/mol. The summed E-state index contributed by atoms with van der Waals surface area (Å²) in [5, 5.41) is 12.3. The second-order valence-electron chi connectivity index (χ2n) is 9.04. The smallest absolute Gasteiger partial charge is 0.224 e. The first-order valence-corrected chi connectivity index (χ1v) is 11.8. The van der Waals surface area contributed by atoms with Crippen LogP contribution in [0, 0.1) is 17.2 Å². The summed E-state index contributed by atoms with van der Waals surface area (Å²) >= 11 is 0. The van der Waals surface area contributed by atoms with Crippen molar-refractivity contribution >= 4 is 5.91 Å². The van der Waals surface area contributed by atoms with Crippen LogP contribution in [0.15, 0.2) is 48.8 Å². The Bertz CT molecular complexity index is 908. The summed E-state index contributed by atoms with van der Waals surface area (Å²) in [7, 11) is 0. The van der Waals surface area contributed by atoms with E-state index in [4.69, 9.17) is 5.26 Å². The topological polar surface area (TPSA) is 72.3 Å². The van der Waals surface area contributed by atoms with Crippen LogP contribution >= 0.6 is 0 Å². The first kappa shape index (κ1) is 22.4. The van der Waals surface area contributed by atoms with Crippen LogP contribution in [0.2, 0.25) is 0 Å². The fourth-order valence-corrected chi connectivity index (χ4v) is 4.98. The molecular formula is C26H33N5O. The standard InChI is InChI=1S/C26H33N5O/c27-17-21-5-7-22(8-6-21)18-30-16-11-24-25(20-30)31(19-23-9-13-28-14-10-23)15-4-2-1-3-12-29-26(24)32/h5-10,13-14,24-25H,1-4,11-12,15-16,18-20H2,(H,29,32)/t24-,25-/m1/s1. The molecule has 2 aliphatic heterocycles. The first-order valence-electron chi connectivity index (χ1n) is 11.8. The molecule has 6 nitrogen and oxygen atoms in total. The van der Waals surface area contributed by atoms with E-state index in [1.54, 1.807) is 0 Å². The molecule has 2 saturated heterocycles. The summed E-state index contributed by atoms with van der Waals surface area (Å²) < 4.78 is 0. The maximum atomic E-state index is 13.1. The van der Waals surface area contributed by atoms with Crippen LogP contribution in [0.3, 0.4) is 0 Å². The lowest BCUT2D eigenvalue weighted by Crippen LogP contribution is -2.56. The Labute approximate surface area is 191 Å². The Balaban J connectivity index is 1.53. The van der Waals surface area contributed by atoms with Gasteiger partial charge in [-0.25, -0.2) is 0 Å². The number of nitrogens with zero attached hydrogens (tertiary/aromatic N) is 4. The number of likely N-dealkylation sites (tertiary alicyclic amines) is 1. The van der Waals surface area contributed by atoms with Gasteiger partial charge in [0.25, 0.3) is 0 Å². The van der Waals surface area contributed by atoms with Crippen molar-refractivity contribution in [1.82, 2.24) is 20.1 Å². The molecule has 32 heavy (non-hydrogen) atoms. The highest BCUT2D eigenvalue weighted by atomic mass is 16.1. The lowest BCUT2D eigenvalue weighted by atomic mass is 9.88. The number of amides is 1. The van der Waals surface area contributed by atoms with Crippen LogP contribution in [0.25, 0.3) is 0 Å². The van der Waals surface area contributed by atoms with Crippen molar-refractivity contribution < 1.29 is 4.79 Å². The summed E-state index contributed by atoms with van der Waals surface area (Å²) in [6.45, 7) is 5.30. The van der Waals surface area contributed by atoms with E-state index in [2.05, 4.69) is 38.3 Å². The number of nitrogens with one attached hydrogen (secondary N) is 1. The summed E-state index contributed by atoms with van der Waals surface area (Å²) in [6, 6.07) is 14.4. The predicted molar refractivity (Wildman–Crippen MR) is 124 cm³/mol. The molecule has 4 rings (SSSR count). The Morgan fingerprint density at radius 2 is 1.72 bits per heavy atom. The molecular weight excluding hydrogens is 398 g/mol. The highest BCUT2D eigenvalue weighted by Gasteiger charge is 2.37. The van der Waals surface area contributed by atoms with E-state index in [1.807, 2.05) is 36.7 Å². The number of pyridine rings is 1. The molecule has 1 aromatic heterocycles. The average Bonchev–Trinajstić information content (AvgIpc) is 2.86. The van der Waals surface area contributed by atoms with Crippen molar-refractivity contribution in [3.63, 3.8) is 0 Å². The third-order valence-electron chi connectivity index (χ3n) is 6.77. The highest BCUT2D eigenvalue weighted by molar-refractivity contribution is 5.79. The number of aromatic nitrogens is 1. The van der Waals surface area contributed by atoms with E-state index in [0.717, 1.165) is 58.5 Å². The van der Waals surface area contributed by atoms with Gasteiger partial charge >= 0.3 is 0 Å². The van der Waals surface area contributed by atoms with Crippen molar-refractivity contribution in [2.75, 3.05) is 26.2 Å². The van der Waals surface area contributed by atoms with Gasteiger partial charge in [0.2, 0.25) is 5.91 Å². The van der Waals surface area contributed by atoms with Crippen LogP contribution in [0.5, 0.6) is 0 Å². The van der Waals surface area contributed by atoms with Crippen LogP contribution in [-0.2, 0) is 17.9 Å². The van der Waals surface area contributed by atoms with Gasteiger partial charge in [0, 0.05) is 44.6 Å². The summed E-state index contributed by atoms with van der Waals surface area (Å²) in [4.78, 5) is 22.3. The maximum Gasteiger partial charge on any atom is 0.224 e. The molecule has 0 radical (unpaired) electrons. The van der Waals surface area contributed by atoms with Gasteiger partial charge in [-0.3, -0.25) is 19.6 Å². The van der Waals surface area contributed by atoms with Crippen LogP contribution < -0.4 is 5.32 Å². The summed E-state index contributed by atoms with van der Waals surface area (Å²) in [5.41, 5.74) is 3.15. The van der Waals surface area contributed by atoms with Gasteiger partial charge < -0.3 is 5.32 Å². The minimum atomic E-state index is 0.0205. The number of hydrogen-bond donors (Lipinski definition) is 1. The summed E-state index contributed by atoms with van der Waals surface area (Å²) in [5.74, 6) is 0.238. The molecule has 0 bridgehead atoms. The zero-order valence-corrected chi connectivity index (χ0v) is 18.7. The fraction of sp³-hybridized carbons (Fsp3) is 0.500. The minimum absolute atomic E-state index is 0.0205. The van der Waals surface area contributed by atoms with Crippen molar-refractivity contribution in [2.24, 2.45) is 5.92 Å². The molecule has 1 aromatic carbocycles. The minimum Gasteiger partial charge on any atom is -0.356 e.